The first-order valence-corrected chi connectivity index (χ1v) is 8.22. The number of imidazole rings is 1. The number of rotatable bonds is 5. The molecule has 0 spiro atoms. The number of piperidine rings is 1. The van der Waals surface area contributed by atoms with Crippen molar-refractivity contribution in [2.45, 2.75) is 46.1 Å². The van der Waals surface area contributed by atoms with E-state index in [4.69, 9.17) is 4.52 Å². The van der Waals surface area contributed by atoms with E-state index in [1.54, 1.807) is 13.1 Å². The average molecular weight is 317 g/mol. The maximum atomic E-state index is 12.4. The number of aromatic nitrogens is 4. The Balaban J connectivity index is 1.49. The largest absolute Gasteiger partial charge is 0.341 e. The minimum atomic E-state index is 0.173. The molecule has 7 nitrogen and oxygen atoms in total. The first-order valence-electron chi connectivity index (χ1n) is 8.22. The molecule has 0 unspecified atom stereocenters. The number of aryl methyl sites for hydroxylation is 2. The van der Waals surface area contributed by atoms with E-state index in [1.165, 1.54) is 0 Å². The van der Waals surface area contributed by atoms with Gasteiger partial charge in [0.25, 0.3) is 0 Å². The van der Waals surface area contributed by atoms with Crippen molar-refractivity contribution < 1.29 is 9.32 Å². The molecule has 7 heteroatoms. The SMILES string of the molecule is CCc1nccn1CC(=O)N1CCC(Cc2noc(C)n2)CC1. The Morgan fingerprint density at radius 1 is 1.39 bits per heavy atom. The van der Waals surface area contributed by atoms with Crippen LogP contribution in [0.4, 0.5) is 0 Å². The third kappa shape index (κ3) is 3.78. The summed E-state index contributed by atoms with van der Waals surface area (Å²) in [5.41, 5.74) is 0. The third-order valence-corrected chi connectivity index (χ3v) is 4.43. The van der Waals surface area contributed by atoms with Crippen molar-refractivity contribution in [1.82, 2.24) is 24.6 Å². The normalized spacial score (nSPS) is 16.0. The van der Waals surface area contributed by atoms with Gasteiger partial charge in [0.2, 0.25) is 11.8 Å². The topological polar surface area (TPSA) is 77.0 Å². The molecule has 23 heavy (non-hydrogen) atoms. The summed E-state index contributed by atoms with van der Waals surface area (Å²) in [7, 11) is 0. The Kier molecular flexibility index (Phi) is 4.73. The molecule has 0 saturated carbocycles. The van der Waals surface area contributed by atoms with Gasteiger partial charge in [-0.15, -0.1) is 0 Å². The molecule has 2 aromatic heterocycles. The van der Waals surface area contributed by atoms with Crippen LogP contribution < -0.4 is 0 Å². The molecule has 0 radical (unpaired) electrons. The van der Waals surface area contributed by atoms with Gasteiger partial charge in [-0.25, -0.2) is 4.98 Å². The van der Waals surface area contributed by atoms with Crippen LogP contribution in [0.5, 0.6) is 0 Å². The zero-order valence-corrected chi connectivity index (χ0v) is 13.7. The molecule has 1 saturated heterocycles. The van der Waals surface area contributed by atoms with Gasteiger partial charge in [0, 0.05) is 45.2 Å². The van der Waals surface area contributed by atoms with Gasteiger partial charge in [0.05, 0.1) is 0 Å². The second-order valence-corrected chi connectivity index (χ2v) is 6.08. The van der Waals surface area contributed by atoms with Crippen molar-refractivity contribution in [3.63, 3.8) is 0 Å². The van der Waals surface area contributed by atoms with Crippen molar-refractivity contribution in [3.05, 3.63) is 29.9 Å². The Bertz CT molecular complexity index is 655. The van der Waals surface area contributed by atoms with Gasteiger partial charge in [-0.1, -0.05) is 12.1 Å². The maximum absolute atomic E-state index is 12.4. The van der Waals surface area contributed by atoms with Crippen LogP contribution >= 0.6 is 0 Å². The zero-order valence-electron chi connectivity index (χ0n) is 13.7. The van der Waals surface area contributed by atoms with Gasteiger partial charge in [0.15, 0.2) is 5.82 Å². The van der Waals surface area contributed by atoms with E-state index in [0.29, 0.717) is 18.4 Å². The lowest BCUT2D eigenvalue weighted by Crippen LogP contribution is -2.40. The van der Waals surface area contributed by atoms with Gasteiger partial charge >= 0.3 is 0 Å². The van der Waals surface area contributed by atoms with E-state index in [0.717, 1.165) is 50.4 Å². The predicted octanol–water partition coefficient (Wildman–Crippen LogP) is 1.62. The summed E-state index contributed by atoms with van der Waals surface area (Å²) in [6, 6.07) is 0. The van der Waals surface area contributed by atoms with Crippen LogP contribution in [-0.2, 0) is 24.2 Å². The fraction of sp³-hybridized carbons (Fsp3) is 0.625. The molecule has 1 aliphatic heterocycles. The molecule has 0 aliphatic carbocycles. The molecule has 1 aliphatic rings. The number of carbonyl (C=O) groups is 1. The van der Waals surface area contributed by atoms with Gasteiger partial charge < -0.3 is 14.0 Å². The summed E-state index contributed by atoms with van der Waals surface area (Å²) in [4.78, 5) is 22.9. The van der Waals surface area contributed by atoms with Crippen molar-refractivity contribution in [2.75, 3.05) is 13.1 Å². The lowest BCUT2D eigenvalue weighted by molar-refractivity contribution is -0.133. The minimum absolute atomic E-state index is 0.173. The number of hydrogen-bond donors (Lipinski definition) is 0. The number of carbonyl (C=O) groups excluding carboxylic acids is 1. The molecule has 0 aromatic carbocycles. The first kappa shape index (κ1) is 15.7. The summed E-state index contributed by atoms with van der Waals surface area (Å²) in [6.07, 6.45) is 7.29. The molecule has 0 atom stereocenters. The van der Waals surface area contributed by atoms with Crippen LogP contribution in [0.3, 0.4) is 0 Å². The maximum Gasteiger partial charge on any atom is 0.242 e. The lowest BCUT2D eigenvalue weighted by Gasteiger charge is -2.31. The van der Waals surface area contributed by atoms with Crippen LogP contribution in [0.25, 0.3) is 0 Å². The Morgan fingerprint density at radius 3 is 2.83 bits per heavy atom. The molecule has 3 heterocycles. The van der Waals surface area contributed by atoms with Crippen molar-refractivity contribution in [3.8, 4) is 0 Å². The Hall–Kier alpha value is -2.18. The molecular weight excluding hydrogens is 294 g/mol. The molecule has 2 aromatic rings. The monoisotopic (exact) mass is 317 g/mol. The van der Waals surface area contributed by atoms with Crippen LogP contribution in [0.2, 0.25) is 0 Å². The molecule has 0 bridgehead atoms. The highest BCUT2D eigenvalue weighted by atomic mass is 16.5. The predicted molar refractivity (Wildman–Crippen MR) is 83.6 cm³/mol. The lowest BCUT2D eigenvalue weighted by atomic mass is 9.93. The van der Waals surface area contributed by atoms with Crippen molar-refractivity contribution >= 4 is 5.91 Å². The van der Waals surface area contributed by atoms with Gasteiger partial charge in [-0.3, -0.25) is 4.79 Å². The summed E-state index contributed by atoms with van der Waals surface area (Å²) in [5, 5.41) is 3.96. The van der Waals surface area contributed by atoms with Gasteiger partial charge in [-0.2, -0.15) is 4.98 Å². The number of nitrogens with zero attached hydrogens (tertiary/aromatic N) is 5. The molecule has 1 fully saturated rings. The van der Waals surface area contributed by atoms with E-state index in [-0.39, 0.29) is 5.91 Å². The standard InChI is InChI=1S/C16H23N5O2/c1-3-15-17-6-9-21(15)11-16(22)20-7-4-13(5-8-20)10-14-18-12(2)23-19-14/h6,9,13H,3-5,7-8,10-11H2,1-2H3. The van der Waals surface area contributed by atoms with E-state index in [1.807, 2.05) is 15.7 Å². The second-order valence-electron chi connectivity index (χ2n) is 6.08. The highest BCUT2D eigenvalue weighted by molar-refractivity contribution is 5.76. The highest BCUT2D eigenvalue weighted by Gasteiger charge is 2.24. The van der Waals surface area contributed by atoms with E-state index >= 15 is 0 Å². The zero-order chi connectivity index (χ0) is 16.2. The van der Waals surface area contributed by atoms with Crippen LogP contribution in [0.15, 0.2) is 16.9 Å². The van der Waals surface area contributed by atoms with Gasteiger partial charge in [-0.05, 0) is 18.8 Å². The van der Waals surface area contributed by atoms with Crippen LogP contribution in [-0.4, -0.2) is 43.6 Å². The van der Waals surface area contributed by atoms with Gasteiger partial charge in [0.1, 0.15) is 12.4 Å². The summed E-state index contributed by atoms with van der Waals surface area (Å²) >= 11 is 0. The van der Waals surface area contributed by atoms with E-state index in [2.05, 4.69) is 22.0 Å². The summed E-state index contributed by atoms with van der Waals surface area (Å²) < 4.78 is 6.95. The molecule has 0 N–H and O–H groups in total. The summed E-state index contributed by atoms with van der Waals surface area (Å²) in [6.45, 7) is 5.84. The van der Waals surface area contributed by atoms with Crippen LogP contribution in [0, 0.1) is 12.8 Å². The average Bonchev–Trinajstić information content (AvgIpc) is 3.16. The summed E-state index contributed by atoms with van der Waals surface area (Å²) in [5.74, 6) is 3.04. The number of hydrogen-bond acceptors (Lipinski definition) is 5. The fourth-order valence-corrected chi connectivity index (χ4v) is 3.11. The molecule has 124 valence electrons. The van der Waals surface area contributed by atoms with E-state index < -0.39 is 0 Å². The highest BCUT2D eigenvalue weighted by Crippen LogP contribution is 2.21. The first-order chi connectivity index (χ1) is 11.2. The Morgan fingerprint density at radius 2 is 2.17 bits per heavy atom. The third-order valence-electron chi connectivity index (χ3n) is 4.43. The van der Waals surface area contributed by atoms with Crippen LogP contribution in [0.1, 0.15) is 37.3 Å². The molecular formula is C16H23N5O2. The van der Waals surface area contributed by atoms with Crippen molar-refractivity contribution in [2.24, 2.45) is 5.92 Å². The minimum Gasteiger partial charge on any atom is -0.341 e. The second kappa shape index (κ2) is 6.93. The molecule has 1 amide bonds. The smallest absolute Gasteiger partial charge is 0.242 e. The van der Waals surface area contributed by atoms with E-state index in [9.17, 15) is 4.79 Å². The molecule has 3 rings (SSSR count). The van der Waals surface area contributed by atoms with Crippen molar-refractivity contribution in [1.29, 1.82) is 0 Å². The fourth-order valence-electron chi connectivity index (χ4n) is 3.11. The number of amides is 1. The quantitative estimate of drug-likeness (QED) is 0.837. The Labute approximate surface area is 135 Å². The number of likely N-dealkylation sites (tertiary alicyclic amines) is 1.